The Morgan fingerprint density at radius 3 is 2.82 bits per heavy atom. The van der Waals surface area contributed by atoms with Crippen LogP contribution in [0.1, 0.15) is 12.6 Å². The standard InChI is InChI=1S/C6H7ClN4/c1-3-5(7)6-8-4(2)10-11(6)9-3/h1-2H3,(H,8,10)/p+1. The maximum absolute atomic E-state index is 5.93. The van der Waals surface area contributed by atoms with E-state index in [-0.39, 0.29) is 0 Å². The maximum Gasteiger partial charge on any atom is 0.270 e. The third kappa shape index (κ3) is 0.868. The molecule has 11 heavy (non-hydrogen) atoms. The summed E-state index contributed by atoms with van der Waals surface area (Å²) in [6.45, 7) is 3.78. The van der Waals surface area contributed by atoms with Crippen LogP contribution in [-0.2, 0) is 0 Å². The maximum atomic E-state index is 5.93. The Labute approximate surface area is 68.8 Å². The van der Waals surface area contributed by atoms with Crippen LogP contribution >= 0.6 is 11.6 Å². The molecule has 1 aromatic heterocycles. The lowest BCUT2D eigenvalue weighted by molar-refractivity contribution is -0.443. The van der Waals surface area contributed by atoms with Gasteiger partial charge in [-0.3, -0.25) is 0 Å². The minimum absolute atomic E-state index is 0.700. The van der Waals surface area contributed by atoms with E-state index in [0.29, 0.717) is 5.02 Å². The average Bonchev–Trinajstić information content (AvgIpc) is 2.37. The molecule has 0 fully saturated rings. The van der Waals surface area contributed by atoms with E-state index in [0.717, 1.165) is 17.3 Å². The largest absolute Gasteiger partial charge is 0.270 e. The molecular formula is C6H8ClN4+. The second-order valence-corrected chi connectivity index (χ2v) is 2.94. The number of hydrogen-bond donors (Lipinski definition) is 1. The molecule has 2 rings (SSSR count). The number of aromatic nitrogens is 2. The third-order valence-electron chi connectivity index (χ3n) is 1.60. The lowest BCUT2D eigenvalue weighted by Gasteiger charge is -1.85. The molecule has 0 saturated heterocycles. The van der Waals surface area contributed by atoms with E-state index < -0.39 is 0 Å². The molecule has 0 saturated carbocycles. The first-order valence-electron chi connectivity index (χ1n) is 3.34. The molecule has 0 spiro atoms. The van der Waals surface area contributed by atoms with E-state index in [1.807, 2.05) is 19.2 Å². The molecule has 4 nitrogen and oxygen atoms in total. The van der Waals surface area contributed by atoms with Crippen LogP contribution in [0.5, 0.6) is 0 Å². The molecule has 1 aliphatic heterocycles. The van der Waals surface area contributed by atoms with Gasteiger partial charge < -0.3 is 0 Å². The van der Waals surface area contributed by atoms with Gasteiger partial charge in [-0.25, -0.2) is 5.32 Å². The van der Waals surface area contributed by atoms with Crippen molar-refractivity contribution >= 4 is 23.3 Å². The molecule has 0 amide bonds. The van der Waals surface area contributed by atoms with E-state index in [1.165, 1.54) is 0 Å². The second kappa shape index (κ2) is 2.06. The average molecular weight is 172 g/mol. The van der Waals surface area contributed by atoms with Crippen molar-refractivity contribution in [2.24, 2.45) is 5.10 Å². The van der Waals surface area contributed by atoms with E-state index in [9.17, 15) is 0 Å². The van der Waals surface area contributed by atoms with Crippen LogP contribution in [0.15, 0.2) is 5.10 Å². The van der Waals surface area contributed by atoms with E-state index in [4.69, 9.17) is 11.6 Å². The summed E-state index contributed by atoms with van der Waals surface area (Å²) in [6.07, 6.45) is 0. The first kappa shape index (κ1) is 6.82. The molecule has 2 N–H and O–H groups in total. The van der Waals surface area contributed by atoms with Gasteiger partial charge in [0.2, 0.25) is 5.84 Å². The second-order valence-electron chi connectivity index (χ2n) is 2.56. The van der Waals surface area contributed by atoms with Crippen molar-refractivity contribution in [1.29, 1.82) is 0 Å². The topological polar surface area (TPSA) is 46.8 Å². The number of rotatable bonds is 0. The molecule has 5 heteroatoms. The van der Waals surface area contributed by atoms with Crippen molar-refractivity contribution in [2.75, 3.05) is 0 Å². The van der Waals surface area contributed by atoms with Crippen LogP contribution in [0.3, 0.4) is 0 Å². The highest BCUT2D eigenvalue weighted by Gasteiger charge is 2.23. The van der Waals surface area contributed by atoms with E-state index >= 15 is 0 Å². The molecule has 0 atom stereocenters. The minimum Gasteiger partial charge on any atom is -0.249 e. The van der Waals surface area contributed by atoms with Crippen molar-refractivity contribution in [3.63, 3.8) is 0 Å². The molecule has 0 bridgehead atoms. The summed E-state index contributed by atoms with van der Waals surface area (Å²) in [4.78, 5) is 1.56. The first-order chi connectivity index (χ1) is 5.18. The Hall–Kier alpha value is -0.870. The number of nitrogens with zero attached hydrogens (tertiary/aromatic N) is 3. The van der Waals surface area contributed by atoms with Crippen molar-refractivity contribution in [3.8, 4) is 0 Å². The molecule has 0 aliphatic carbocycles. The van der Waals surface area contributed by atoms with Crippen LogP contribution in [0, 0.1) is 6.92 Å². The van der Waals surface area contributed by atoms with Gasteiger partial charge in [-0.1, -0.05) is 21.5 Å². The van der Waals surface area contributed by atoms with Gasteiger partial charge in [0.05, 0.1) is 5.69 Å². The molecule has 0 aromatic carbocycles. The van der Waals surface area contributed by atoms with Crippen molar-refractivity contribution in [1.82, 2.24) is 9.89 Å². The van der Waals surface area contributed by atoms with Crippen molar-refractivity contribution in [2.45, 2.75) is 13.8 Å². The van der Waals surface area contributed by atoms with Gasteiger partial charge in [-0.05, 0) is 6.92 Å². The molecule has 1 aliphatic rings. The number of hydrogen-bond acceptors (Lipinski definition) is 2. The summed E-state index contributed by atoms with van der Waals surface area (Å²) in [6, 6.07) is 0. The number of amidine groups is 1. The zero-order valence-electron chi connectivity index (χ0n) is 6.30. The Balaban J connectivity index is 2.59. The molecule has 2 heterocycles. The van der Waals surface area contributed by atoms with Gasteiger partial charge >= 0.3 is 0 Å². The van der Waals surface area contributed by atoms with Gasteiger partial charge in [0.15, 0.2) is 0 Å². The van der Waals surface area contributed by atoms with Crippen LogP contribution in [0.2, 0.25) is 5.02 Å². The number of halogens is 1. The predicted molar refractivity (Wildman–Crippen MR) is 42.1 cm³/mol. The van der Waals surface area contributed by atoms with Crippen molar-refractivity contribution in [3.05, 3.63) is 10.7 Å². The van der Waals surface area contributed by atoms with Gasteiger partial charge in [0.25, 0.3) is 5.82 Å². The van der Waals surface area contributed by atoms with Crippen LogP contribution in [0.4, 0.5) is 5.82 Å². The fourth-order valence-electron chi connectivity index (χ4n) is 1.09. The van der Waals surface area contributed by atoms with Gasteiger partial charge in [-0.2, -0.15) is 0 Å². The molecule has 0 radical (unpaired) electrons. The fraction of sp³-hybridized carbons (Fsp3) is 0.333. The van der Waals surface area contributed by atoms with Crippen LogP contribution in [0.25, 0.3) is 0 Å². The first-order valence-corrected chi connectivity index (χ1v) is 3.72. The summed E-state index contributed by atoms with van der Waals surface area (Å²) >= 11 is 5.93. The molecule has 58 valence electrons. The highest BCUT2D eigenvalue weighted by Crippen LogP contribution is 2.22. The highest BCUT2D eigenvalue weighted by atomic mass is 35.5. The highest BCUT2D eigenvalue weighted by molar-refractivity contribution is 6.33. The number of fused-ring (bicyclic) bond motifs is 1. The van der Waals surface area contributed by atoms with E-state index in [1.54, 1.807) is 4.79 Å². The summed E-state index contributed by atoms with van der Waals surface area (Å²) in [5, 5.41) is 10.8. The molecule has 1 aromatic rings. The SMILES string of the molecule is CC1=Nn2nc(C)c(Cl)c2[NH2+]1. The lowest BCUT2D eigenvalue weighted by Crippen LogP contribution is -2.79. The Morgan fingerprint density at radius 2 is 2.18 bits per heavy atom. The smallest absolute Gasteiger partial charge is 0.249 e. The summed E-state index contributed by atoms with van der Waals surface area (Å²) < 4.78 is 0. The van der Waals surface area contributed by atoms with Gasteiger partial charge in [-0.15, -0.1) is 5.10 Å². The lowest BCUT2D eigenvalue weighted by atomic mass is 10.4. The van der Waals surface area contributed by atoms with Crippen molar-refractivity contribution < 1.29 is 5.32 Å². The van der Waals surface area contributed by atoms with E-state index in [2.05, 4.69) is 10.2 Å². The van der Waals surface area contributed by atoms with Crippen LogP contribution in [-0.4, -0.2) is 15.7 Å². The molecular weight excluding hydrogens is 164 g/mol. The molecule has 0 unspecified atom stereocenters. The summed E-state index contributed by atoms with van der Waals surface area (Å²) in [5.74, 6) is 1.83. The number of nitrogens with two attached hydrogens (primary N) is 1. The monoisotopic (exact) mass is 171 g/mol. The minimum atomic E-state index is 0.700. The quantitative estimate of drug-likeness (QED) is 0.597. The van der Waals surface area contributed by atoms with Gasteiger partial charge in [0, 0.05) is 6.92 Å². The number of aryl methyl sites for hydroxylation is 1. The van der Waals surface area contributed by atoms with Crippen LogP contribution < -0.4 is 5.32 Å². The Kier molecular flexibility index (Phi) is 1.27. The zero-order valence-corrected chi connectivity index (χ0v) is 7.05. The predicted octanol–water partition coefficient (Wildman–Crippen LogP) is 0.235. The fourth-order valence-corrected chi connectivity index (χ4v) is 1.25. The zero-order chi connectivity index (χ0) is 8.01. The van der Waals surface area contributed by atoms with Gasteiger partial charge in [0.1, 0.15) is 5.02 Å². The Bertz CT molecular complexity index is 339. The normalized spacial score (nSPS) is 15.0. The Morgan fingerprint density at radius 1 is 1.45 bits per heavy atom. The third-order valence-corrected chi connectivity index (χ3v) is 2.07. The summed E-state index contributed by atoms with van der Waals surface area (Å²) in [7, 11) is 0. The summed E-state index contributed by atoms with van der Waals surface area (Å²) in [5.41, 5.74) is 0.828. The number of quaternary nitrogens is 1.